The van der Waals surface area contributed by atoms with Crippen molar-refractivity contribution in [3.63, 3.8) is 0 Å². The van der Waals surface area contributed by atoms with Crippen molar-refractivity contribution in [1.82, 2.24) is 25.1 Å². The first-order valence-electron chi connectivity index (χ1n) is 8.64. The average molecular weight is 342 g/mol. The van der Waals surface area contributed by atoms with Gasteiger partial charge in [0.25, 0.3) is 11.5 Å². The minimum Gasteiger partial charge on any atom is -0.348 e. The van der Waals surface area contributed by atoms with E-state index in [0.717, 1.165) is 30.7 Å². The van der Waals surface area contributed by atoms with Crippen LogP contribution in [0.3, 0.4) is 0 Å². The van der Waals surface area contributed by atoms with Crippen LogP contribution in [0.25, 0.3) is 0 Å². The van der Waals surface area contributed by atoms with Gasteiger partial charge in [0.05, 0.1) is 23.1 Å². The van der Waals surface area contributed by atoms with Gasteiger partial charge in [-0.2, -0.15) is 5.10 Å². The van der Waals surface area contributed by atoms with Crippen LogP contribution in [-0.4, -0.2) is 58.2 Å². The normalized spacial score (nSPS) is 20.1. The molecule has 8 nitrogen and oxygen atoms in total. The standard InChI is InChI=1S/C17H22N6O2/c1-22(2)17-19-13(7-14(24)20-17)11-5-6-23(9-11)16(25)12-8-18-21-15(12)10-3-4-10/h7-8,10-11H,3-6,9H2,1-2H3,(H,18,21)(H,19,20,24). The van der Waals surface area contributed by atoms with Crippen molar-refractivity contribution < 1.29 is 4.79 Å². The molecule has 0 spiro atoms. The molecule has 4 rings (SSSR count). The van der Waals surface area contributed by atoms with E-state index in [0.29, 0.717) is 30.5 Å². The Morgan fingerprint density at radius 2 is 2.08 bits per heavy atom. The fourth-order valence-electron chi connectivity index (χ4n) is 3.39. The highest BCUT2D eigenvalue weighted by atomic mass is 16.2. The molecule has 1 saturated heterocycles. The number of hydrogen-bond acceptors (Lipinski definition) is 5. The zero-order valence-electron chi connectivity index (χ0n) is 14.5. The number of hydrogen-bond donors (Lipinski definition) is 2. The maximum absolute atomic E-state index is 12.8. The Labute approximate surface area is 145 Å². The predicted molar refractivity (Wildman–Crippen MR) is 93.0 cm³/mol. The Morgan fingerprint density at radius 1 is 1.28 bits per heavy atom. The quantitative estimate of drug-likeness (QED) is 0.866. The molecule has 2 fully saturated rings. The maximum Gasteiger partial charge on any atom is 0.257 e. The van der Waals surface area contributed by atoms with Crippen LogP contribution in [0.1, 0.15) is 52.8 Å². The number of nitrogens with one attached hydrogen (secondary N) is 2. The van der Waals surface area contributed by atoms with Crippen LogP contribution in [-0.2, 0) is 0 Å². The second-order valence-corrected chi connectivity index (χ2v) is 7.10. The van der Waals surface area contributed by atoms with Crippen LogP contribution < -0.4 is 10.5 Å². The van der Waals surface area contributed by atoms with Gasteiger partial charge in [-0.3, -0.25) is 19.7 Å². The first-order valence-corrected chi connectivity index (χ1v) is 8.64. The van der Waals surface area contributed by atoms with E-state index in [4.69, 9.17) is 0 Å². The Kier molecular flexibility index (Phi) is 3.82. The van der Waals surface area contributed by atoms with Gasteiger partial charge in [0.15, 0.2) is 0 Å². The summed E-state index contributed by atoms with van der Waals surface area (Å²) in [5, 5.41) is 7.04. The van der Waals surface area contributed by atoms with Crippen molar-refractivity contribution in [1.29, 1.82) is 0 Å². The predicted octanol–water partition coefficient (Wildman–Crippen LogP) is 1.07. The monoisotopic (exact) mass is 342 g/mol. The minimum absolute atomic E-state index is 0.0239. The molecule has 2 aliphatic rings. The lowest BCUT2D eigenvalue weighted by molar-refractivity contribution is 0.0789. The van der Waals surface area contributed by atoms with Gasteiger partial charge >= 0.3 is 0 Å². The number of amides is 1. The van der Waals surface area contributed by atoms with Crippen molar-refractivity contribution in [2.75, 3.05) is 32.1 Å². The van der Waals surface area contributed by atoms with E-state index in [9.17, 15) is 9.59 Å². The second-order valence-electron chi connectivity index (χ2n) is 7.10. The zero-order valence-corrected chi connectivity index (χ0v) is 14.5. The van der Waals surface area contributed by atoms with Crippen molar-refractivity contribution in [2.24, 2.45) is 0 Å². The fraction of sp³-hybridized carbons (Fsp3) is 0.529. The maximum atomic E-state index is 12.8. The van der Waals surface area contributed by atoms with E-state index in [-0.39, 0.29) is 17.4 Å². The van der Waals surface area contributed by atoms with E-state index >= 15 is 0 Å². The lowest BCUT2D eigenvalue weighted by atomic mass is 10.0. The number of aromatic nitrogens is 4. The molecular formula is C17H22N6O2. The van der Waals surface area contributed by atoms with Gasteiger partial charge in [-0.15, -0.1) is 0 Å². The summed E-state index contributed by atoms with van der Waals surface area (Å²) in [6, 6.07) is 1.54. The molecule has 132 valence electrons. The number of rotatable bonds is 4. The number of H-pyrrole nitrogens is 2. The van der Waals surface area contributed by atoms with Crippen LogP contribution in [0.2, 0.25) is 0 Å². The molecule has 1 atom stereocenters. The van der Waals surface area contributed by atoms with E-state index in [1.165, 1.54) is 0 Å². The smallest absolute Gasteiger partial charge is 0.257 e. The van der Waals surface area contributed by atoms with Crippen molar-refractivity contribution in [3.05, 3.63) is 39.6 Å². The summed E-state index contributed by atoms with van der Waals surface area (Å²) in [6.45, 7) is 1.25. The SMILES string of the molecule is CN(C)c1nc(C2CCN(C(=O)c3cn[nH]c3C3CC3)C2)cc(=O)[nH]1. The number of anilines is 1. The zero-order chi connectivity index (χ0) is 17.6. The van der Waals surface area contributed by atoms with Gasteiger partial charge in [0.2, 0.25) is 5.95 Å². The third kappa shape index (κ3) is 3.04. The molecule has 1 amide bonds. The highest BCUT2D eigenvalue weighted by Crippen LogP contribution is 2.41. The highest BCUT2D eigenvalue weighted by molar-refractivity contribution is 5.95. The molecule has 0 aromatic carbocycles. The van der Waals surface area contributed by atoms with Gasteiger partial charge in [0, 0.05) is 45.1 Å². The topological polar surface area (TPSA) is 98.0 Å². The lowest BCUT2D eigenvalue weighted by Crippen LogP contribution is -2.29. The number of aromatic amines is 2. The molecule has 25 heavy (non-hydrogen) atoms. The largest absolute Gasteiger partial charge is 0.348 e. The molecular weight excluding hydrogens is 320 g/mol. The average Bonchev–Trinajstić information content (AvgIpc) is 3.12. The van der Waals surface area contributed by atoms with Crippen LogP contribution in [0.5, 0.6) is 0 Å². The van der Waals surface area contributed by atoms with Crippen LogP contribution >= 0.6 is 0 Å². The van der Waals surface area contributed by atoms with Crippen LogP contribution in [0.4, 0.5) is 5.95 Å². The molecule has 0 radical (unpaired) electrons. The first kappa shape index (κ1) is 15.9. The molecule has 2 N–H and O–H groups in total. The molecule has 1 aliphatic heterocycles. The molecule has 1 saturated carbocycles. The minimum atomic E-state index is -0.163. The van der Waals surface area contributed by atoms with Gasteiger partial charge in [-0.25, -0.2) is 4.98 Å². The molecule has 3 heterocycles. The number of likely N-dealkylation sites (tertiary alicyclic amines) is 1. The van der Waals surface area contributed by atoms with Gasteiger partial charge in [-0.1, -0.05) is 0 Å². The number of carbonyl (C=O) groups is 1. The molecule has 0 bridgehead atoms. The Bertz CT molecular complexity index is 851. The molecule has 8 heteroatoms. The summed E-state index contributed by atoms with van der Waals surface area (Å²) in [7, 11) is 3.68. The van der Waals surface area contributed by atoms with E-state index in [2.05, 4.69) is 20.2 Å². The molecule has 1 aliphatic carbocycles. The summed E-state index contributed by atoms with van der Waals surface area (Å²) in [6.07, 6.45) is 4.69. The summed E-state index contributed by atoms with van der Waals surface area (Å²) in [4.78, 5) is 35.6. The Morgan fingerprint density at radius 3 is 2.80 bits per heavy atom. The van der Waals surface area contributed by atoms with E-state index in [1.54, 1.807) is 17.2 Å². The first-order chi connectivity index (χ1) is 12.0. The molecule has 2 aromatic rings. The van der Waals surface area contributed by atoms with Crippen molar-refractivity contribution in [3.8, 4) is 0 Å². The van der Waals surface area contributed by atoms with Gasteiger partial charge in [0.1, 0.15) is 0 Å². The van der Waals surface area contributed by atoms with Crippen LogP contribution in [0.15, 0.2) is 17.1 Å². The molecule has 2 aromatic heterocycles. The summed E-state index contributed by atoms with van der Waals surface area (Å²) in [5.74, 6) is 1.10. The van der Waals surface area contributed by atoms with Gasteiger partial charge in [-0.05, 0) is 19.3 Å². The number of carbonyl (C=O) groups excluding carboxylic acids is 1. The van der Waals surface area contributed by atoms with E-state index < -0.39 is 0 Å². The second kappa shape index (κ2) is 6.02. The van der Waals surface area contributed by atoms with Gasteiger partial charge < -0.3 is 9.80 Å². The highest BCUT2D eigenvalue weighted by Gasteiger charge is 2.34. The third-order valence-electron chi connectivity index (χ3n) is 4.95. The summed E-state index contributed by atoms with van der Waals surface area (Å²) >= 11 is 0. The summed E-state index contributed by atoms with van der Waals surface area (Å²) in [5.41, 5.74) is 2.25. The lowest BCUT2D eigenvalue weighted by Gasteiger charge is -2.17. The van der Waals surface area contributed by atoms with Crippen molar-refractivity contribution >= 4 is 11.9 Å². The van der Waals surface area contributed by atoms with E-state index in [1.807, 2.05) is 19.0 Å². The van der Waals surface area contributed by atoms with Crippen molar-refractivity contribution in [2.45, 2.75) is 31.1 Å². The van der Waals surface area contributed by atoms with Crippen LogP contribution in [0, 0.1) is 0 Å². The summed E-state index contributed by atoms with van der Waals surface area (Å²) < 4.78 is 0. The third-order valence-corrected chi connectivity index (χ3v) is 4.95. The number of nitrogens with zero attached hydrogens (tertiary/aromatic N) is 4. The Balaban J connectivity index is 1.52. The fourth-order valence-corrected chi connectivity index (χ4v) is 3.39. The Hall–Kier alpha value is -2.64. The molecule has 1 unspecified atom stereocenters.